The van der Waals surface area contributed by atoms with Crippen LogP contribution in [0.4, 0.5) is 4.39 Å². The molecule has 0 saturated carbocycles. The van der Waals surface area contributed by atoms with Crippen LogP contribution in [0.1, 0.15) is 17.2 Å². The van der Waals surface area contributed by atoms with Crippen LogP contribution in [0.5, 0.6) is 5.75 Å². The van der Waals surface area contributed by atoms with Gasteiger partial charge in [0.05, 0.1) is 4.47 Å². The van der Waals surface area contributed by atoms with Crippen molar-refractivity contribution in [3.8, 4) is 5.75 Å². The third-order valence-corrected chi connectivity index (χ3v) is 2.68. The van der Waals surface area contributed by atoms with Crippen LogP contribution in [0.3, 0.4) is 0 Å². The molecular formula is C9H9BrFNO3. The standard InChI is InChI=1S/C9H9BrFNO3/c1-3-5(11)2-4(10)8(13)6(3)7(12)9(14)15/h2,7,13H,12H2,1H3,(H,14,15). The quantitative estimate of drug-likeness (QED) is 0.768. The zero-order valence-electron chi connectivity index (χ0n) is 7.79. The number of phenols is 1. The predicted molar refractivity (Wildman–Crippen MR) is 55.1 cm³/mol. The number of nitrogens with two attached hydrogens (primary N) is 1. The van der Waals surface area contributed by atoms with E-state index in [1.165, 1.54) is 6.92 Å². The van der Waals surface area contributed by atoms with Gasteiger partial charge in [-0.3, -0.25) is 4.79 Å². The minimum atomic E-state index is -1.45. The van der Waals surface area contributed by atoms with Crippen molar-refractivity contribution >= 4 is 21.9 Å². The number of hydrogen-bond acceptors (Lipinski definition) is 3. The van der Waals surface area contributed by atoms with Crippen LogP contribution in [0.2, 0.25) is 0 Å². The fraction of sp³-hybridized carbons (Fsp3) is 0.222. The summed E-state index contributed by atoms with van der Waals surface area (Å²) in [5, 5.41) is 18.3. The minimum Gasteiger partial charge on any atom is -0.506 e. The lowest BCUT2D eigenvalue weighted by molar-refractivity contribution is -0.138. The highest BCUT2D eigenvalue weighted by atomic mass is 79.9. The van der Waals surface area contributed by atoms with Crippen LogP contribution in [0.25, 0.3) is 0 Å². The van der Waals surface area contributed by atoms with Gasteiger partial charge in [-0.25, -0.2) is 4.39 Å². The maximum absolute atomic E-state index is 13.3. The Bertz CT molecular complexity index is 396. The first-order chi connectivity index (χ1) is 6.86. The van der Waals surface area contributed by atoms with Crippen molar-refractivity contribution in [1.82, 2.24) is 0 Å². The van der Waals surface area contributed by atoms with Gasteiger partial charge < -0.3 is 15.9 Å². The molecule has 0 fully saturated rings. The number of hydrogen-bond donors (Lipinski definition) is 3. The van der Waals surface area contributed by atoms with Crippen molar-refractivity contribution in [3.63, 3.8) is 0 Å². The molecule has 0 heterocycles. The van der Waals surface area contributed by atoms with Gasteiger partial charge in [0.25, 0.3) is 0 Å². The zero-order valence-corrected chi connectivity index (χ0v) is 9.38. The maximum atomic E-state index is 13.3. The molecule has 4 nitrogen and oxygen atoms in total. The first kappa shape index (κ1) is 11.9. The summed E-state index contributed by atoms with van der Waals surface area (Å²) in [6, 6.07) is -0.389. The lowest BCUT2D eigenvalue weighted by atomic mass is 10.0. The van der Waals surface area contributed by atoms with Crippen LogP contribution in [-0.2, 0) is 4.79 Å². The highest BCUT2D eigenvalue weighted by molar-refractivity contribution is 9.10. The monoisotopic (exact) mass is 277 g/mol. The second kappa shape index (κ2) is 4.16. The van der Waals surface area contributed by atoms with E-state index in [0.717, 1.165) is 6.07 Å². The van der Waals surface area contributed by atoms with Crippen LogP contribution in [0.15, 0.2) is 10.5 Å². The Morgan fingerprint density at radius 3 is 2.67 bits per heavy atom. The van der Waals surface area contributed by atoms with Crippen molar-refractivity contribution in [2.24, 2.45) is 5.73 Å². The maximum Gasteiger partial charge on any atom is 0.325 e. The third kappa shape index (κ3) is 2.10. The van der Waals surface area contributed by atoms with Crippen LogP contribution >= 0.6 is 15.9 Å². The molecule has 0 aliphatic rings. The molecule has 0 bridgehead atoms. The van der Waals surface area contributed by atoms with Gasteiger partial charge in [0.2, 0.25) is 0 Å². The second-order valence-corrected chi connectivity index (χ2v) is 3.90. The van der Waals surface area contributed by atoms with E-state index in [1.807, 2.05) is 0 Å². The number of carbonyl (C=O) groups is 1. The molecule has 4 N–H and O–H groups in total. The molecule has 0 amide bonds. The van der Waals surface area contributed by atoms with Crippen molar-refractivity contribution in [2.75, 3.05) is 0 Å². The van der Waals surface area contributed by atoms with E-state index in [9.17, 15) is 14.3 Å². The summed E-state index contributed by atoms with van der Waals surface area (Å²) in [6.07, 6.45) is 0. The van der Waals surface area contributed by atoms with Gasteiger partial charge in [-0.1, -0.05) is 0 Å². The van der Waals surface area contributed by atoms with Crippen LogP contribution in [-0.4, -0.2) is 16.2 Å². The van der Waals surface area contributed by atoms with E-state index in [4.69, 9.17) is 10.8 Å². The Morgan fingerprint density at radius 1 is 1.67 bits per heavy atom. The van der Waals surface area contributed by atoms with E-state index < -0.39 is 17.8 Å². The molecule has 6 heteroatoms. The molecule has 15 heavy (non-hydrogen) atoms. The zero-order chi connectivity index (χ0) is 11.7. The largest absolute Gasteiger partial charge is 0.506 e. The average molecular weight is 278 g/mol. The van der Waals surface area contributed by atoms with E-state index >= 15 is 0 Å². The van der Waals surface area contributed by atoms with Crippen molar-refractivity contribution in [1.29, 1.82) is 0 Å². The molecular weight excluding hydrogens is 269 g/mol. The molecule has 1 unspecified atom stereocenters. The molecule has 82 valence electrons. The van der Waals surface area contributed by atoms with E-state index in [1.54, 1.807) is 0 Å². The molecule has 0 aliphatic carbocycles. The molecule has 1 atom stereocenters. The van der Waals surface area contributed by atoms with Gasteiger partial charge in [-0.2, -0.15) is 0 Å². The number of carboxylic acids is 1. The number of benzene rings is 1. The summed E-state index contributed by atoms with van der Waals surface area (Å²) in [7, 11) is 0. The first-order valence-electron chi connectivity index (χ1n) is 4.02. The predicted octanol–water partition coefficient (Wildman–Crippen LogP) is 1.69. The van der Waals surface area contributed by atoms with Gasteiger partial charge in [0, 0.05) is 5.56 Å². The summed E-state index contributed by atoms with van der Waals surface area (Å²) in [5.41, 5.74) is 5.25. The number of phenolic OH excluding ortho intramolecular Hbond substituents is 1. The summed E-state index contributed by atoms with van der Waals surface area (Å²) in [5.74, 6) is -2.29. The Balaban J connectivity index is 3.45. The molecule has 1 aromatic rings. The summed E-state index contributed by atoms with van der Waals surface area (Å²) >= 11 is 2.91. The number of aliphatic carboxylic acids is 1. The second-order valence-electron chi connectivity index (χ2n) is 3.04. The number of carboxylic acid groups (broad SMARTS) is 1. The van der Waals surface area contributed by atoms with Crippen molar-refractivity contribution < 1.29 is 19.4 Å². The third-order valence-electron chi connectivity index (χ3n) is 2.07. The van der Waals surface area contributed by atoms with Gasteiger partial charge in [0.15, 0.2) is 0 Å². The van der Waals surface area contributed by atoms with E-state index in [0.29, 0.717) is 0 Å². The molecule has 0 spiro atoms. The Morgan fingerprint density at radius 2 is 2.20 bits per heavy atom. The van der Waals surface area contributed by atoms with Gasteiger partial charge >= 0.3 is 5.97 Å². The van der Waals surface area contributed by atoms with E-state index in [2.05, 4.69) is 15.9 Å². The Hall–Kier alpha value is -1.14. The summed E-state index contributed by atoms with van der Waals surface area (Å²) in [4.78, 5) is 10.7. The molecule has 0 aliphatic heterocycles. The van der Waals surface area contributed by atoms with E-state index in [-0.39, 0.29) is 21.3 Å². The molecule has 0 aromatic heterocycles. The molecule has 1 aromatic carbocycles. The Labute approximate surface area is 93.6 Å². The normalized spacial score (nSPS) is 12.5. The van der Waals surface area contributed by atoms with Gasteiger partial charge in [-0.05, 0) is 34.5 Å². The fourth-order valence-electron chi connectivity index (χ4n) is 1.23. The highest BCUT2D eigenvalue weighted by Crippen LogP contribution is 2.35. The fourth-order valence-corrected chi connectivity index (χ4v) is 1.64. The molecule has 1 rings (SSSR count). The van der Waals surface area contributed by atoms with Gasteiger partial charge in [0.1, 0.15) is 17.6 Å². The summed E-state index contributed by atoms with van der Waals surface area (Å²) < 4.78 is 13.3. The molecule has 0 radical (unpaired) electrons. The number of aromatic hydroxyl groups is 1. The number of halogens is 2. The average Bonchev–Trinajstić information content (AvgIpc) is 2.15. The first-order valence-corrected chi connectivity index (χ1v) is 4.81. The topological polar surface area (TPSA) is 83.5 Å². The molecule has 0 saturated heterocycles. The van der Waals surface area contributed by atoms with Crippen molar-refractivity contribution in [2.45, 2.75) is 13.0 Å². The lowest BCUT2D eigenvalue weighted by Gasteiger charge is -2.14. The summed E-state index contributed by atoms with van der Waals surface area (Å²) in [6.45, 7) is 1.36. The van der Waals surface area contributed by atoms with Crippen LogP contribution in [0, 0.1) is 12.7 Å². The van der Waals surface area contributed by atoms with Crippen LogP contribution < -0.4 is 5.73 Å². The lowest BCUT2D eigenvalue weighted by Crippen LogP contribution is -2.22. The highest BCUT2D eigenvalue weighted by Gasteiger charge is 2.24. The Kier molecular flexibility index (Phi) is 3.31. The number of rotatable bonds is 2. The minimum absolute atomic E-state index is 0.0330. The smallest absolute Gasteiger partial charge is 0.325 e. The SMILES string of the molecule is Cc1c(F)cc(Br)c(O)c1C(N)C(=O)O. The van der Waals surface area contributed by atoms with Gasteiger partial charge in [-0.15, -0.1) is 0 Å². The van der Waals surface area contributed by atoms with Crippen molar-refractivity contribution in [3.05, 3.63) is 27.5 Å².